The lowest BCUT2D eigenvalue weighted by molar-refractivity contribution is 0.173. The summed E-state index contributed by atoms with van der Waals surface area (Å²) < 4.78 is 19.1. The lowest BCUT2D eigenvalue weighted by Gasteiger charge is -2.24. The van der Waals surface area contributed by atoms with Crippen LogP contribution in [0.25, 0.3) is 0 Å². The van der Waals surface area contributed by atoms with Crippen LogP contribution in [0, 0.1) is 18.2 Å². The molecule has 1 rings (SSSR count). The molecule has 0 saturated carbocycles. The molecule has 0 aliphatic rings. The first-order chi connectivity index (χ1) is 7.46. The highest BCUT2D eigenvalue weighted by Crippen LogP contribution is 2.22. The normalized spacial score (nSPS) is 11.6. The number of hydrogen-bond acceptors (Lipinski definition) is 2. The Morgan fingerprint density at radius 2 is 2.06 bits per heavy atom. The maximum atomic E-state index is 13.6. The van der Waals surface area contributed by atoms with E-state index >= 15 is 0 Å². The first-order valence-corrected chi connectivity index (χ1v) is 5.49. The summed E-state index contributed by atoms with van der Waals surface area (Å²) in [6.07, 6.45) is 0. The molecular weight excluding hydrogens is 205 g/mol. The standard InChI is InChI=1S/C13H20FNO/c1-10-6-5-7-11(12(10)14)16-9-13(2,3)8-15-4/h5-7,15H,8-9H2,1-4H3. The van der Waals surface area contributed by atoms with E-state index in [2.05, 4.69) is 19.2 Å². The van der Waals surface area contributed by atoms with E-state index in [4.69, 9.17) is 4.74 Å². The van der Waals surface area contributed by atoms with Crippen LogP contribution in [-0.4, -0.2) is 20.2 Å². The number of hydrogen-bond donors (Lipinski definition) is 1. The van der Waals surface area contributed by atoms with Crippen LogP contribution in [0.4, 0.5) is 4.39 Å². The molecule has 0 aliphatic heterocycles. The third-order valence-corrected chi connectivity index (χ3v) is 2.43. The van der Waals surface area contributed by atoms with Gasteiger partial charge >= 0.3 is 0 Å². The van der Waals surface area contributed by atoms with Crippen molar-refractivity contribution in [3.8, 4) is 5.75 Å². The highest BCUT2D eigenvalue weighted by atomic mass is 19.1. The minimum Gasteiger partial charge on any atom is -0.490 e. The van der Waals surface area contributed by atoms with E-state index in [0.717, 1.165) is 6.54 Å². The summed E-state index contributed by atoms with van der Waals surface area (Å²) in [5.74, 6) is 0.0759. The Bertz CT molecular complexity index is 350. The number of nitrogens with one attached hydrogen (secondary N) is 1. The molecule has 0 bridgehead atoms. The Morgan fingerprint density at radius 1 is 1.38 bits per heavy atom. The molecule has 0 atom stereocenters. The van der Waals surface area contributed by atoms with E-state index in [9.17, 15) is 4.39 Å². The maximum absolute atomic E-state index is 13.6. The van der Waals surface area contributed by atoms with Crippen molar-refractivity contribution in [2.45, 2.75) is 20.8 Å². The summed E-state index contributed by atoms with van der Waals surface area (Å²) in [4.78, 5) is 0. The zero-order valence-electron chi connectivity index (χ0n) is 10.4. The van der Waals surface area contributed by atoms with E-state index in [1.807, 2.05) is 7.05 Å². The van der Waals surface area contributed by atoms with E-state index in [1.165, 1.54) is 0 Å². The van der Waals surface area contributed by atoms with E-state index < -0.39 is 0 Å². The van der Waals surface area contributed by atoms with E-state index in [0.29, 0.717) is 17.9 Å². The lowest BCUT2D eigenvalue weighted by Crippen LogP contribution is -2.32. The molecule has 0 amide bonds. The van der Waals surface area contributed by atoms with Crippen molar-refractivity contribution in [2.75, 3.05) is 20.2 Å². The first-order valence-electron chi connectivity index (χ1n) is 5.49. The molecule has 0 heterocycles. The fraction of sp³-hybridized carbons (Fsp3) is 0.538. The van der Waals surface area contributed by atoms with Crippen molar-refractivity contribution in [2.24, 2.45) is 5.41 Å². The minimum atomic E-state index is -0.261. The Hall–Kier alpha value is -1.09. The van der Waals surface area contributed by atoms with Crippen LogP contribution in [0.5, 0.6) is 5.75 Å². The van der Waals surface area contributed by atoms with Gasteiger partial charge in [0.05, 0.1) is 6.61 Å². The molecular formula is C13H20FNO. The lowest BCUT2D eigenvalue weighted by atomic mass is 9.95. The van der Waals surface area contributed by atoms with E-state index in [-0.39, 0.29) is 11.2 Å². The molecule has 2 nitrogen and oxygen atoms in total. The number of benzene rings is 1. The molecule has 3 heteroatoms. The van der Waals surface area contributed by atoms with Crippen molar-refractivity contribution in [3.63, 3.8) is 0 Å². The Labute approximate surface area is 96.8 Å². The summed E-state index contributed by atoms with van der Waals surface area (Å²) in [6.45, 7) is 7.23. The van der Waals surface area contributed by atoms with Gasteiger partial charge in [0, 0.05) is 12.0 Å². The van der Waals surface area contributed by atoms with Crippen molar-refractivity contribution in [3.05, 3.63) is 29.6 Å². The van der Waals surface area contributed by atoms with Gasteiger partial charge in [0.1, 0.15) is 0 Å². The first kappa shape index (κ1) is 13.0. The third-order valence-electron chi connectivity index (χ3n) is 2.43. The molecule has 0 saturated heterocycles. The van der Waals surface area contributed by atoms with Gasteiger partial charge in [-0.25, -0.2) is 4.39 Å². The van der Waals surface area contributed by atoms with Crippen molar-refractivity contribution >= 4 is 0 Å². The number of aryl methyl sites for hydroxylation is 1. The number of halogens is 1. The summed E-state index contributed by atoms with van der Waals surface area (Å²) in [6, 6.07) is 5.21. The maximum Gasteiger partial charge on any atom is 0.167 e. The number of rotatable bonds is 5. The molecule has 0 radical (unpaired) electrons. The van der Waals surface area contributed by atoms with Gasteiger partial charge in [-0.05, 0) is 25.6 Å². The Morgan fingerprint density at radius 3 is 2.69 bits per heavy atom. The van der Waals surface area contributed by atoms with Crippen LogP contribution < -0.4 is 10.1 Å². The second-order valence-corrected chi connectivity index (χ2v) is 4.87. The minimum absolute atomic E-state index is 0.00899. The zero-order valence-corrected chi connectivity index (χ0v) is 10.4. The van der Waals surface area contributed by atoms with Crippen LogP contribution in [0.1, 0.15) is 19.4 Å². The molecule has 0 aliphatic carbocycles. The predicted molar refractivity (Wildman–Crippen MR) is 64.3 cm³/mol. The summed E-state index contributed by atoms with van der Waals surface area (Å²) in [7, 11) is 1.90. The third kappa shape index (κ3) is 3.49. The molecule has 0 aromatic heterocycles. The molecule has 16 heavy (non-hydrogen) atoms. The molecule has 0 spiro atoms. The highest BCUT2D eigenvalue weighted by Gasteiger charge is 2.18. The molecule has 1 N–H and O–H groups in total. The largest absolute Gasteiger partial charge is 0.490 e. The average Bonchev–Trinajstić information content (AvgIpc) is 2.20. The van der Waals surface area contributed by atoms with Gasteiger partial charge in [-0.1, -0.05) is 26.0 Å². The summed E-state index contributed by atoms with van der Waals surface area (Å²) >= 11 is 0. The van der Waals surface area contributed by atoms with Gasteiger partial charge in [0.15, 0.2) is 11.6 Å². The summed E-state index contributed by atoms with van der Waals surface area (Å²) in [5.41, 5.74) is 0.606. The smallest absolute Gasteiger partial charge is 0.167 e. The molecule has 90 valence electrons. The fourth-order valence-electron chi connectivity index (χ4n) is 1.53. The van der Waals surface area contributed by atoms with E-state index in [1.54, 1.807) is 25.1 Å². The van der Waals surface area contributed by atoms with Crippen LogP contribution in [0.2, 0.25) is 0 Å². The molecule has 1 aromatic rings. The average molecular weight is 225 g/mol. The molecule has 1 aromatic carbocycles. The van der Waals surface area contributed by atoms with Crippen LogP contribution in [-0.2, 0) is 0 Å². The fourth-order valence-corrected chi connectivity index (χ4v) is 1.53. The van der Waals surface area contributed by atoms with Crippen LogP contribution in [0.15, 0.2) is 18.2 Å². The van der Waals surface area contributed by atoms with Gasteiger partial charge in [-0.3, -0.25) is 0 Å². The van der Waals surface area contributed by atoms with Crippen molar-refractivity contribution < 1.29 is 9.13 Å². The molecule has 0 fully saturated rings. The highest BCUT2D eigenvalue weighted by molar-refractivity contribution is 5.30. The van der Waals surface area contributed by atoms with Crippen molar-refractivity contribution in [1.29, 1.82) is 0 Å². The van der Waals surface area contributed by atoms with Gasteiger partial charge in [0.2, 0.25) is 0 Å². The summed E-state index contributed by atoms with van der Waals surface area (Å²) in [5, 5.41) is 3.10. The van der Waals surface area contributed by atoms with Gasteiger partial charge in [0.25, 0.3) is 0 Å². The van der Waals surface area contributed by atoms with Gasteiger partial charge < -0.3 is 10.1 Å². The second-order valence-electron chi connectivity index (χ2n) is 4.87. The quantitative estimate of drug-likeness (QED) is 0.832. The topological polar surface area (TPSA) is 21.3 Å². The Kier molecular flexibility index (Phi) is 4.30. The predicted octanol–water partition coefficient (Wildman–Crippen LogP) is 2.76. The van der Waals surface area contributed by atoms with Crippen LogP contribution >= 0.6 is 0 Å². The van der Waals surface area contributed by atoms with Crippen LogP contribution in [0.3, 0.4) is 0 Å². The number of ether oxygens (including phenoxy) is 1. The van der Waals surface area contributed by atoms with Crippen molar-refractivity contribution in [1.82, 2.24) is 5.32 Å². The molecule has 0 unspecified atom stereocenters. The van der Waals surface area contributed by atoms with Gasteiger partial charge in [-0.15, -0.1) is 0 Å². The second kappa shape index (κ2) is 5.30. The zero-order chi connectivity index (χ0) is 12.2. The monoisotopic (exact) mass is 225 g/mol. The Balaban J connectivity index is 2.64. The SMILES string of the molecule is CNCC(C)(C)COc1cccc(C)c1F. The van der Waals surface area contributed by atoms with Gasteiger partial charge in [-0.2, -0.15) is 0 Å².